The molecule has 0 aliphatic rings. The molecule has 0 amide bonds. The first-order valence-corrected chi connectivity index (χ1v) is 6.28. The summed E-state index contributed by atoms with van der Waals surface area (Å²) in [7, 11) is 1.58. The summed E-state index contributed by atoms with van der Waals surface area (Å²) in [6, 6.07) is 4.51. The van der Waals surface area contributed by atoms with Gasteiger partial charge in [0.25, 0.3) is 0 Å². The van der Waals surface area contributed by atoms with Gasteiger partial charge in [0.05, 0.1) is 17.2 Å². The van der Waals surface area contributed by atoms with Crippen molar-refractivity contribution in [3.05, 3.63) is 35.4 Å². The molecule has 0 saturated carbocycles. The van der Waals surface area contributed by atoms with Crippen molar-refractivity contribution in [2.24, 2.45) is 5.73 Å². The average molecular weight is 275 g/mol. The van der Waals surface area contributed by atoms with Crippen molar-refractivity contribution in [3.63, 3.8) is 0 Å². The van der Waals surface area contributed by atoms with E-state index < -0.39 is 23.4 Å². The first-order valence-electron chi connectivity index (χ1n) is 6.28. The van der Waals surface area contributed by atoms with Gasteiger partial charge in [-0.3, -0.25) is 0 Å². The first kappa shape index (κ1) is 16.0. The van der Waals surface area contributed by atoms with E-state index in [0.717, 1.165) is 12.1 Å². The van der Waals surface area contributed by atoms with E-state index in [4.69, 9.17) is 10.5 Å². The van der Waals surface area contributed by atoms with Crippen LogP contribution in [0.1, 0.15) is 43.9 Å². The number of nitrogens with two attached hydrogens (primary N) is 1. The largest absolute Gasteiger partial charge is 0.416 e. The summed E-state index contributed by atoms with van der Waals surface area (Å²) < 4.78 is 43.0. The molecule has 0 radical (unpaired) electrons. The molecule has 0 bridgehead atoms. The SMILES string of the molecule is CCC(CC)(OC)C(N)c1ccc(C(F)(F)F)cc1. The number of alkyl halides is 3. The minimum atomic E-state index is -4.32. The lowest BCUT2D eigenvalue weighted by atomic mass is 9.84. The van der Waals surface area contributed by atoms with Crippen molar-refractivity contribution in [1.29, 1.82) is 0 Å². The van der Waals surface area contributed by atoms with Gasteiger partial charge in [0.2, 0.25) is 0 Å². The van der Waals surface area contributed by atoms with Gasteiger partial charge in [0.1, 0.15) is 0 Å². The molecule has 0 spiro atoms. The third-order valence-corrected chi connectivity index (χ3v) is 3.77. The lowest BCUT2D eigenvalue weighted by molar-refractivity contribution is -0.137. The second kappa shape index (κ2) is 5.92. The van der Waals surface area contributed by atoms with Gasteiger partial charge in [-0.1, -0.05) is 26.0 Å². The first-order chi connectivity index (χ1) is 8.80. The van der Waals surface area contributed by atoms with Crippen molar-refractivity contribution in [3.8, 4) is 0 Å². The predicted octanol–water partition coefficient (Wildman–Crippen LogP) is 3.91. The zero-order valence-electron chi connectivity index (χ0n) is 11.4. The second-order valence-electron chi connectivity index (χ2n) is 4.57. The molecule has 0 saturated heterocycles. The van der Waals surface area contributed by atoms with E-state index in [2.05, 4.69) is 0 Å². The van der Waals surface area contributed by atoms with Crippen LogP contribution < -0.4 is 5.73 Å². The number of hydrogen-bond acceptors (Lipinski definition) is 2. The van der Waals surface area contributed by atoms with E-state index in [9.17, 15) is 13.2 Å². The van der Waals surface area contributed by atoms with Crippen LogP contribution in [0.5, 0.6) is 0 Å². The van der Waals surface area contributed by atoms with Crippen LogP contribution in [0.4, 0.5) is 13.2 Å². The van der Waals surface area contributed by atoms with Crippen molar-refractivity contribution in [2.75, 3.05) is 7.11 Å². The highest BCUT2D eigenvalue weighted by Gasteiger charge is 2.35. The Bertz CT molecular complexity index is 388. The summed E-state index contributed by atoms with van der Waals surface area (Å²) in [6.07, 6.45) is -2.93. The quantitative estimate of drug-likeness (QED) is 0.884. The highest BCUT2D eigenvalue weighted by Crippen LogP contribution is 2.35. The molecule has 1 unspecified atom stereocenters. The number of hydrogen-bond donors (Lipinski definition) is 1. The normalized spacial score (nSPS) is 14.5. The van der Waals surface area contributed by atoms with Gasteiger partial charge in [0, 0.05) is 7.11 Å². The lowest BCUT2D eigenvalue weighted by Gasteiger charge is -2.36. The van der Waals surface area contributed by atoms with Crippen molar-refractivity contribution >= 4 is 0 Å². The predicted molar refractivity (Wildman–Crippen MR) is 68.7 cm³/mol. The van der Waals surface area contributed by atoms with Crippen LogP contribution in [0.15, 0.2) is 24.3 Å². The molecule has 0 aliphatic carbocycles. The molecule has 1 rings (SSSR count). The molecule has 0 aliphatic heterocycles. The fourth-order valence-corrected chi connectivity index (χ4v) is 2.29. The van der Waals surface area contributed by atoms with Crippen LogP contribution >= 0.6 is 0 Å². The third kappa shape index (κ3) is 3.28. The Kier molecular flexibility index (Phi) is 4.98. The summed E-state index contributed by atoms with van der Waals surface area (Å²) in [5, 5.41) is 0. The molecule has 1 aromatic carbocycles. The van der Waals surface area contributed by atoms with E-state index in [1.54, 1.807) is 7.11 Å². The minimum Gasteiger partial charge on any atom is -0.376 e. The highest BCUT2D eigenvalue weighted by atomic mass is 19.4. The molecule has 0 fully saturated rings. The van der Waals surface area contributed by atoms with Crippen molar-refractivity contribution in [1.82, 2.24) is 0 Å². The molecule has 108 valence electrons. The van der Waals surface area contributed by atoms with Gasteiger partial charge in [-0.15, -0.1) is 0 Å². The van der Waals surface area contributed by atoms with E-state index in [1.165, 1.54) is 12.1 Å². The number of methoxy groups -OCH3 is 1. The minimum absolute atomic E-state index is 0.449. The summed E-state index contributed by atoms with van der Waals surface area (Å²) >= 11 is 0. The van der Waals surface area contributed by atoms with Gasteiger partial charge < -0.3 is 10.5 Å². The van der Waals surface area contributed by atoms with Crippen molar-refractivity contribution < 1.29 is 17.9 Å². The fraction of sp³-hybridized carbons (Fsp3) is 0.571. The number of benzene rings is 1. The van der Waals surface area contributed by atoms with Crippen LogP contribution in [0.2, 0.25) is 0 Å². The molecule has 0 heterocycles. The Morgan fingerprint density at radius 3 is 1.89 bits per heavy atom. The zero-order chi connectivity index (χ0) is 14.7. The molecular weight excluding hydrogens is 255 g/mol. The number of rotatable bonds is 5. The number of halogens is 3. The van der Waals surface area contributed by atoms with Crippen LogP contribution in [0.3, 0.4) is 0 Å². The van der Waals surface area contributed by atoms with Crippen LogP contribution in [-0.2, 0) is 10.9 Å². The zero-order valence-corrected chi connectivity index (χ0v) is 11.4. The van der Waals surface area contributed by atoms with E-state index >= 15 is 0 Å². The Morgan fingerprint density at radius 2 is 1.58 bits per heavy atom. The van der Waals surface area contributed by atoms with Crippen LogP contribution in [0.25, 0.3) is 0 Å². The standard InChI is InChI=1S/C14H20F3NO/c1-4-13(5-2,19-3)12(18)10-6-8-11(9-7-10)14(15,16)17/h6-9,12H,4-5,18H2,1-3H3. The van der Waals surface area contributed by atoms with Gasteiger partial charge in [0.15, 0.2) is 0 Å². The summed E-state index contributed by atoms with van der Waals surface area (Å²) in [4.78, 5) is 0. The number of ether oxygens (including phenoxy) is 1. The molecule has 19 heavy (non-hydrogen) atoms. The van der Waals surface area contributed by atoms with Gasteiger partial charge in [-0.05, 0) is 30.5 Å². The topological polar surface area (TPSA) is 35.2 Å². The fourth-order valence-electron chi connectivity index (χ4n) is 2.29. The molecule has 5 heteroatoms. The van der Waals surface area contributed by atoms with E-state index in [-0.39, 0.29) is 0 Å². The maximum Gasteiger partial charge on any atom is 0.416 e. The molecule has 0 aromatic heterocycles. The van der Waals surface area contributed by atoms with Gasteiger partial charge in [-0.2, -0.15) is 13.2 Å². The smallest absolute Gasteiger partial charge is 0.376 e. The lowest BCUT2D eigenvalue weighted by Crippen LogP contribution is -2.42. The van der Waals surface area contributed by atoms with Crippen LogP contribution in [-0.4, -0.2) is 12.7 Å². The Hall–Kier alpha value is -1.07. The maximum atomic E-state index is 12.5. The second-order valence-corrected chi connectivity index (χ2v) is 4.57. The molecule has 2 N–H and O–H groups in total. The summed E-state index contributed by atoms with van der Waals surface area (Å²) in [6.45, 7) is 3.91. The Morgan fingerprint density at radius 1 is 1.11 bits per heavy atom. The Labute approximate surface area is 111 Å². The Balaban J connectivity index is 3.04. The average Bonchev–Trinajstić information content (AvgIpc) is 2.40. The third-order valence-electron chi connectivity index (χ3n) is 3.77. The molecule has 1 aromatic rings. The van der Waals surface area contributed by atoms with Gasteiger partial charge >= 0.3 is 6.18 Å². The van der Waals surface area contributed by atoms with E-state index in [0.29, 0.717) is 18.4 Å². The highest BCUT2D eigenvalue weighted by molar-refractivity contribution is 5.28. The van der Waals surface area contributed by atoms with E-state index in [1.807, 2.05) is 13.8 Å². The molecule has 1 atom stereocenters. The molecular formula is C14H20F3NO. The maximum absolute atomic E-state index is 12.5. The summed E-state index contributed by atoms with van der Waals surface area (Å²) in [5.41, 5.74) is 5.60. The molecule has 2 nitrogen and oxygen atoms in total. The summed E-state index contributed by atoms with van der Waals surface area (Å²) in [5.74, 6) is 0. The monoisotopic (exact) mass is 275 g/mol. The van der Waals surface area contributed by atoms with Crippen LogP contribution in [0, 0.1) is 0 Å². The van der Waals surface area contributed by atoms with Crippen molar-refractivity contribution in [2.45, 2.75) is 44.5 Å². The van der Waals surface area contributed by atoms with Gasteiger partial charge in [-0.25, -0.2) is 0 Å².